The lowest BCUT2D eigenvalue weighted by molar-refractivity contribution is -0.125. The Morgan fingerprint density at radius 1 is 1.24 bits per heavy atom. The highest BCUT2D eigenvalue weighted by molar-refractivity contribution is 6.01. The minimum absolute atomic E-state index is 0.135. The zero-order valence-corrected chi connectivity index (χ0v) is 14.2. The Hall–Kier alpha value is -3.02. The summed E-state index contributed by atoms with van der Waals surface area (Å²) >= 11 is 0. The normalized spacial score (nSPS) is 16.0. The fraction of sp³-hybridized carbons (Fsp3) is 0.263. The average molecular weight is 340 g/mol. The molecule has 2 aromatic rings. The van der Waals surface area contributed by atoms with Crippen LogP contribution in [0.1, 0.15) is 13.8 Å². The molecule has 0 aromatic heterocycles. The van der Waals surface area contributed by atoms with E-state index in [4.69, 9.17) is 9.47 Å². The second kappa shape index (κ2) is 7.25. The highest BCUT2D eigenvalue weighted by atomic mass is 16.5. The van der Waals surface area contributed by atoms with Crippen LogP contribution in [0.3, 0.4) is 0 Å². The van der Waals surface area contributed by atoms with E-state index >= 15 is 0 Å². The first-order chi connectivity index (χ1) is 12.0. The van der Waals surface area contributed by atoms with Gasteiger partial charge in [-0.2, -0.15) is 0 Å². The molecule has 0 bridgehead atoms. The molecule has 0 saturated carbocycles. The summed E-state index contributed by atoms with van der Waals surface area (Å²) in [6.45, 7) is 3.90. The number of hydrogen-bond acceptors (Lipinski definition) is 4. The number of para-hydroxylation sites is 1. The van der Waals surface area contributed by atoms with Gasteiger partial charge in [-0.1, -0.05) is 18.2 Å². The van der Waals surface area contributed by atoms with Gasteiger partial charge >= 0.3 is 0 Å². The fourth-order valence-corrected chi connectivity index (χ4v) is 2.69. The maximum Gasteiger partial charge on any atom is 0.267 e. The molecule has 1 heterocycles. The predicted molar refractivity (Wildman–Crippen MR) is 95.1 cm³/mol. The molecule has 0 saturated heterocycles. The third kappa shape index (κ3) is 3.91. The summed E-state index contributed by atoms with van der Waals surface area (Å²) < 4.78 is 11.4. The number of fused-ring (bicyclic) bond motifs is 1. The molecular weight excluding hydrogens is 320 g/mol. The van der Waals surface area contributed by atoms with Gasteiger partial charge in [0.25, 0.3) is 5.91 Å². The SMILES string of the molecule is CC(=O)Nc1ccc2c(c1)N(CCOc1ccccc1)C(=O)C(C)O2. The predicted octanol–water partition coefficient (Wildman–Crippen LogP) is 2.84. The lowest BCUT2D eigenvalue weighted by Gasteiger charge is -2.33. The highest BCUT2D eigenvalue weighted by Gasteiger charge is 2.31. The van der Waals surface area contributed by atoms with Crippen LogP contribution in [-0.2, 0) is 9.59 Å². The largest absolute Gasteiger partial charge is 0.492 e. The molecule has 6 heteroatoms. The van der Waals surface area contributed by atoms with E-state index in [0.29, 0.717) is 30.3 Å². The minimum atomic E-state index is -0.559. The van der Waals surface area contributed by atoms with Crippen molar-refractivity contribution in [1.29, 1.82) is 0 Å². The van der Waals surface area contributed by atoms with Gasteiger partial charge in [-0.05, 0) is 37.3 Å². The monoisotopic (exact) mass is 340 g/mol. The van der Waals surface area contributed by atoms with E-state index in [1.807, 2.05) is 30.3 Å². The third-order valence-corrected chi connectivity index (χ3v) is 3.81. The molecule has 2 aromatic carbocycles. The van der Waals surface area contributed by atoms with Gasteiger partial charge in [0, 0.05) is 12.6 Å². The first-order valence-electron chi connectivity index (χ1n) is 8.12. The van der Waals surface area contributed by atoms with Crippen molar-refractivity contribution in [3.05, 3.63) is 48.5 Å². The molecule has 3 rings (SSSR count). The second-order valence-corrected chi connectivity index (χ2v) is 5.78. The summed E-state index contributed by atoms with van der Waals surface area (Å²) in [5.41, 5.74) is 1.25. The Balaban J connectivity index is 1.77. The van der Waals surface area contributed by atoms with Gasteiger partial charge in [-0.25, -0.2) is 0 Å². The molecule has 130 valence electrons. The number of benzene rings is 2. The summed E-state index contributed by atoms with van der Waals surface area (Å²) in [4.78, 5) is 25.4. The Kier molecular flexibility index (Phi) is 4.88. The molecule has 1 atom stereocenters. The maximum atomic E-state index is 12.5. The van der Waals surface area contributed by atoms with E-state index < -0.39 is 6.10 Å². The summed E-state index contributed by atoms with van der Waals surface area (Å²) in [6.07, 6.45) is -0.559. The van der Waals surface area contributed by atoms with Crippen molar-refractivity contribution in [3.8, 4) is 11.5 Å². The lowest BCUT2D eigenvalue weighted by atomic mass is 10.1. The molecule has 6 nitrogen and oxygen atoms in total. The summed E-state index contributed by atoms with van der Waals surface area (Å²) in [5.74, 6) is 1.06. The average Bonchev–Trinajstić information content (AvgIpc) is 2.59. The van der Waals surface area contributed by atoms with Gasteiger partial charge in [0.2, 0.25) is 5.91 Å². The number of nitrogens with zero attached hydrogens (tertiary/aromatic N) is 1. The van der Waals surface area contributed by atoms with Crippen LogP contribution < -0.4 is 19.7 Å². The van der Waals surface area contributed by atoms with Crippen molar-refractivity contribution >= 4 is 23.2 Å². The Bertz CT molecular complexity index is 776. The summed E-state index contributed by atoms with van der Waals surface area (Å²) in [5, 5.41) is 2.72. The fourth-order valence-electron chi connectivity index (χ4n) is 2.69. The van der Waals surface area contributed by atoms with E-state index in [-0.39, 0.29) is 11.8 Å². The Morgan fingerprint density at radius 3 is 2.72 bits per heavy atom. The van der Waals surface area contributed by atoms with E-state index in [2.05, 4.69) is 5.32 Å². The molecule has 2 amide bonds. The van der Waals surface area contributed by atoms with Gasteiger partial charge < -0.3 is 19.7 Å². The van der Waals surface area contributed by atoms with Gasteiger partial charge in [0.15, 0.2) is 6.10 Å². The lowest BCUT2D eigenvalue weighted by Crippen LogP contribution is -2.46. The molecular formula is C19H20N2O4. The standard InChI is InChI=1S/C19H20N2O4/c1-13-19(23)21(10-11-24-16-6-4-3-5-7-16)17-12-15(20-14(2)22)8-9-18(17)25-13/h3-9,12-13H,10-11H2,1-2H3,(H,20,22). The van der Waals surface area contributed by atoms with Gasteiger partial charge in [-0.15, -0.1) is 0 Å². The number of nitrogens with one attached hydrogen (secondary N) is 1. The van der Waals surface area contributed by atoms with Crippen molar-refractivity contribution in [2.75, 3.05) is 23.4 Å². The summed E-state index contributed by atoms with van der Waals surface area (Å²) in [6, 6.07) is 14.7. The van der Waals surface area contributed by atoms with Gasteiger partial charge in [-0.3, -0.25) is 9.59 Å². The van der Waals surface area contributed by atoms with Crippen LogP contribution in [0.25, 0.3) is 0 Å². The first-order valence-corrected chi connectivity index (χ1v) is 8.12. The van der Waals surface area contributed by atoms with Crippen LogP contribution in [-0.4, -0.2) is 31.1 Å². The topological polar surface area (TPSA) is 67.9 Å². The van der Waals surface area contributed by atoms with Crippen molar-refractivity contribution < 1.29 is 19.1 Å². The molecule has 1 N–H and O–H groups in total. The number of carbonyl (C=O) groups is 2. The van der Waals surface area contributed by atoms with Crippen LogP contribution in [0.5, 0.6) is 11.5 Å². The van der Waals surface area contributed by atoms with Crippen molar-refractivity contribution in [2.45, 2.75) is 20.0 Å². The smallest absolute Gasteiger partial charge is 0.267 e. The van der Waals surface area contributed by atoms with Crippen LogP contribution in [0.4, 0.5) is 11.4 Å². The number of rotatable bonds is 5. The zero-order valence-electron chi connectivity index (χ0n) is 14.2. The highest BCUT2D eigenvalue weighted by Crippen LogP contribution is 2.36. The van der Waals surface area contributed by atoms with Crippen molar-refractivity contribution in [2.24, 2.45) is 0 Å². The van der Waals surface area contributed by atoms with E-state index in [1.165, 1.54) is 6.92 Å². The van der Waals surface area contributed by atoms with Crippen molar-refractivity contribution in [3.63, 3.8) is 0 Å². The molecule has 25 heavy (non-hydrogen) atoms. The number of carbonyl (C=O) groups excluding carboxylic acids is 2. The molecule has 0 radical (unpaired) electrons. The first kappa shape index (κ1) is 16.8. The molecule has 1 aliphatic rings. The number of anilines is 2. The van der Waals surface area contributed by atoms with Crippen LogP contribution in [0.2, 0.25) is 0 Å². The summed E-state index contributed by atoms with van der Waals surface area (Å²) in [7, 11) is 0. The van der Waals surface area contributed by atoms with Crippen LogP contribution in [0, 0.1) is 0 Å². The van der Waals surface area contributed by atoms with Crippen LogP contribution >= 0.6 is 0 Å². The number of ether oxygens (including phenoxy) is 2. The maximum absolute atomic E-state index is 12.5. The quantitative estimate of drug-likeness (QED) is 0.909. The Labute approximate surface area is 146 Å². The second-order valence-electron chi connectivity index (χ2n) is 5.78. The minimum Gasteiger partial charge on any atom is -0.492 e. The molecule has 0 fully saturated rings. The zero-order chi connectivity index (χ0) is 17.8. The molecule has 0 spiro atoms. The number of amides is 2. The Morgan fingerprint density at radius 2 is 2.00 bits per heavy atom. The number of hydrogen-bond donors (Lipinski definition) is 1. The van der Waals surface area contributed by atoms with E-state index in [0.717, 1.165) is 5.75 Å². The molecule has 1 unspecified atom stereocenters. The van der Waals surface area contributed by atoms with E-state index in [1.54, 1.807) is 30.0 Å². The van der Waals surface area contributed by atoms with Gasteiger partial charge in [0.1, 0.15) is 18.1 Å². The molecule has 0 aliphatic carbocycles. The van der Waals surface area contributed by atoms with Crippen molar-refractivity contribution in [1.82, 2.24) is 0 Å². The van der Waals surface area contributed by atoms with E-state index in [9.17, 15) is 9.59 Å². The van der Waals surface area contributed by atoms with Crippen LogP contribution in [0.15, 0.2) is 48.5 Å². The molecule has 1 aliphatic heterocycles. The third-order valence-electron chi connectivity index (χ3n) is 3.81. The van der Waals surface area contributed by atoms with Gasteiger partial charge in [0.05, 0.1) is 12.2 Å².